The van der Waals surface area contributed by atoms with Gasteiger partial charge in [-0.15, -0.1) is 0 Å². The van der Waals surface area contributed by atoms with Gasteiger partial charge in [0.2, 0.25) is 0 Å². The molecule has 2 aromatic rings. The Morgan fingerprint density at radius 1 is 1.04 bits per heavy atom. The average Bonchev–Trinajstić information content (AvgIpc) is 2.58. The van der Waals surface area contributed by atoms with Gasteiger partial charge < -0.3 is 19.7 Å². The molecule has 0 saturated carbocycles. The number of nitrogens with one attached hydrogen (secondary N) is 2. The number of amides is 1. The standard InChI is InChI=1S/C19H24N2O3/c1-3-23-18-12-8-7-11-17(18)20-19(22)15-21(2)13-14-24-16-9-5-4-6-10-16/h4-12H,3,13-15H2,1-2H3,(H,20,22)/p+1. The zero-order chi connectivity index (χ0) is 17.2. The van der Waals surface area contributed by atoms with Gasteiger partial charge in [0.05, 0.1) is 19.3 Å². The van der Waals surface area contributed by atoms with E-state index in [2.05, 4.69) is 5.32 Å². The van der Waals surface area contributed by atoms with E-state index in [1.807, 2.05) is 68.6 Å². The van der Waals surface area contributed by atoms with Crippen molar-refractivity contribution in [2.75, 3.05) is 38.7 Å². The quantitative estimate of drug-likeness (QED) is 0.735. The fourth-order valence-corrected chi connectivity index (χ4v) is 2.27. The minimum atomic E-state index is -0.0423. The molecule has 1 atom stereocenters. The minimum absolute atomic E-state index is 0.0423. The zero-order valence-electron chi connectivity index (χ0n) is 14.2. The number of benzene rings is 2. The Bertz CT molecular complexity index is 632. The molecule has 2 rings (SSSR count). The summed E-state index contributed by atoms with van der Waals surface area (Å²) >= 11 is 0. The Hall–Kier alpha value is -2.53. The van der Waals surface area contributed by atoms with Crippen LogP contribution in [0.2, 0.25) is 0 Å². The van der Waals surface area contributed by atoms with Crippen LogP contribution in [0.5, 0.6) is 11.5 Å². The van der Waals surface area contributed by atoms with Gasteiger partial charge in [-0.2, -0.15) is 0 Å². The van der Waals surface area contributed by atoms with Gasteiger partial charge in [-0.25, -0.2) is 0 Å². The summed E-state index contributed by atoms with van der Waals surface area (Å²) in [5, 5.41) is 2.91. The summed E-state index contributed by atoms with van der Waals surface area (Å²) in [6, 6.07) is 17.1. The van der Waals surface area contributed by atoms with Crippen molar-refractivity contribution in [1.29, 1.82) is 0 Å². The summed E-state index contributed by atoms with van der Waals surface area (Å²) < 4.78 is 11.2. The largest absolute Gasteiger partial charge is 0.492 e. The fourth-order valence-electron chi connectivity index (χ4n) is 2.27. The first-order valence-electron chi connectivity index (χ1n) is 8.20. The van der Waals surface area contributed by atoms with Crippen molar-refractivity contribution in [2.24, 2.45) is 0 Å². The summed E-state index contributed by atoms with van der Waals surface area (Å²) in [4.78, 5) is 13.3. The Kier molecular flexibility index (Phi) is 7.11. The maximum Gasteiger partial charge on any atom is 0.279 e. The molecule has 5 heteroatoms. The van der Waals surface area contributed by atoms with E-state index in [9.17, 15) is 4.79 Å². The maximum absolute atomic E-state index is 12.2. The van der Waals surface area contributed by atoms with Crippen molar-refractivity contribution in [1.82, 2.24) is 0 Å². The summed E-state index contributed by atoms with van der Waals surface area (Å²) in [5.74, 6) is 1.50. The van der Waals surface area contributed by atoms with Gasteiger partial charge in [-0.1, -0.05) is 30.3 Å². The number of carbonyl (C=O) groups excluding carboxylic acids is 1. The van der Waals surface area contributed by atoms with Crippen molar-refractivity contribution >= 4 is 11.6 Å². The lowest BCUT2D eigenvalue weighted by molar-refractivity contribution is -0.871. The van der Waals surface area contributed by atoms with Crippen molar-refractivity contribution in [2.45, 2.75) is 6.92 Å². The maximum atomic E-state index is 12.2. The van der Waals surface area contributed by atoms with E-state index in [0.717, 1.165) is 17.2 Å². The molecule has 0 spiro atoms. The summed E-state index contributed by atoms with van der Waals surface area (Å²) in [6.07, 6.45) is 0. The van der Waals surface area contributed by atoms with Crippen LogP contribution < -0.4 is 19.7 Å². The van der Waals surface area contributed by atoms with Crippen LogP contribution in [0.3, 0.4) is 0 Å². The summed E-state index contributed by atoms with van der Waals surface area (Å²) in [6.45, 7) is 4.17. The van der Waals surface area contributed by atoms with Gasteiger partial charge in [0.25, 0.3) is 5.91 Å². The molecule has 0 aliphatic rings. The molecule has 0 aromatic heterocycles. The van der Waals surface area contributed by atoms with Crippen LogP contribution in [-0.2, 0) is 4.79 Å². The van der Waals surface area contributed by atoms with Gasteiger partial charge >= 0.3 is 0 Å². The molecule has 0 heterocycles. The van der Waals surface area contributed by atoms with Crippen LogP contribution in [0.15, 0.2) is 54.6 Å². The second kappa shape index (κ2) is 9.57. The van der Waals surface area contributed by atoms with E-state index in [4.69, 9.17) is 9.47 Å². The molecule has 1 unspecified atom stereocenters. The highest BCUT2D eigenvalue weighted by Gasteiger charge is 2.12. The normalized spacial score (nSPS) is 11.6. The average molecular weight is 329 g/mol. The van der Waals surface area contributed by atoms with Crippen LogP contribution in [0.25, 0.3) is 0 Å². The number of rotatable bonds is 9. The third-order valence-corrected chi connectivity index (χ3v) is 3.46. The monoisotopic (exact) mass is 329 g/mol. The molecular weight excluding hydrogens is 304 g/mol. The van der Waals surface area contributed by atoms with Gasteiger partial charge in [0, 0.05) is 0 Å². The number of anilines is 1. The third-order valence-electron chi connectivity index (χ3n) is 3.46. The van der Waals surface area contributed by atoms with Gasteiger partial charge in [0.1, 0.15) is 24.7 Å². The number of quaternary nitrogens is 1. The second-order valence-corrected chi connectivity index (χ2v) is 5.52. The first kappa shape index (κ1) is 17.8. The van der Waals surface area contributed by atoms with Gasteiger partial charge in [-0.3, -0.25) is 4.79 Å². The van der Waals surface area contributed by atoms with Crippen molar-refractivity contribution in [3.8, 4) is 11.5 Å². The lowest BCUT2D eigenvalue weighted by atomic mass is 10.3. The molecule has 0 fully saturated rings. The number of hydrogen-bond acceptors (Lipinski definition) is 3. The molecule has 5 nitrogen and oxygen atoms in total. The van der Waals surface area contributed by atoms with E-state index >= 15 is 0 Å². The number of likely N-dealkylation sites (N-methyl/N-ethyl adjacent to an activating group) is 1. The molecule has 0 radical (unpaired) electrons. The number of ether oxygens (including phenoxy) is 2. The number of hydrogen-bond donors (Lipinski definition) is 2. The SMILES string of the molecule is CCOc1ccccc1NC(=O)C[NH+](C)CCOc1ccccc1. The van der Waals surface area contributed by atoms with E-state index < -0.39 is 0 Å². The number of para-hydroxylation sites is 3. The summed E-state index contributed by atoms with van der Waals surface area (Å²) in [5.41, 5.74) is 0.706. The molecule has 1 amide bonds. The molecule has 0 saturated heterocycles. The number of carbonyl (C=O) groups is 1. The Balaban J connectivity index is 1.75. The van der Waals surface area contributed by atoms with Crippen molar-refractivity contribution < 1.29 is 19.2 Å². The zero-order valence-corrected chi connectivity index (χ0v) is 14.2. The van der Waals surface area contributed by atoms with E-state index in [1.165, 1.54) is 0 Å². The predicted octanol–water partition coefficient (Wildman–Crippen LogP) is 1.62. The van der Waals surface area contributed by atoms with Crippen molar-refractivity contribution in [3.05, 3.63) is 54.6 Å². The van der Waals surface area contributed by atoms with E-state index in [1.54, 1.807) is 0 Å². The second-order valence-electron chi connectivity index (χ2n) is 5.52. The van der Waals surface area contributed by atoms with Crippen LogP contribution >= 0.6 is 0 Å². The molecular formula is C19H25N2O3+. The first-order valence-corrected chi connectivity index (χ1v) is 8.20. The van der Waals surface area contributed by atoms with Crippen LogP contribution in [0.4, 0.5) is 5.69 Å². The van der Waals surface area contributed by atoms with Crippen molar-refractivity contribution in [3.63, 3.8) is 0 Å². The Morgan fingerprint density at radius 3 is 2.50 bits per heavy atom. The topological polar surface area (TPSA) is 52.0 Å². The molecule has 0 aliphatic carbocycles. The van der Waals surface area contributed by atoms with Gasteiger partial charge in [-0.05, 0) is 31.2 Å². The predicted molar refractivity (Wildman–Crippen MR) is 94.8 cm³/mol. The van der Waals surface area contributed by atoms with Gasteiger partial charge in [0.15, 0.2) is 6.54 Å². The fraction of sp³-hybridized carbons (Fsp3) is 0.316. The highest BCUT2D eigenvalue weighted by Crippen LogP contribution is 2.23. The lowest BCUT2D eigenvalue weighted by Gasteiger charge is -2.15. The lowest BCUT2D eigenvalue weighted by Crippen LogP contribution is -3.10. The molecule has 24 heavy (non-hydrogen) atoms. The molecule has 2 aromatic carbocycles. The smallest absolute Gasteiger partial charge is 0.279 e. The van der Waals surface area contributed by atoms with Crippen LogP contribution in [0, 0.1) is 0 Å². The highest BCUT2D eigenvalue weighted by molar-refractivity contribution is 5.92. The highest BCUT2D eigenvalue weighted by atomic mass is 16.5. The van der Waals surface area contributed by atoms with Crippen LogP contribution in [0.1, 0.15) is 6.92 Å². The Morgan fingerprint density at radius 2 is 1.75 bits per heavy atom. The molecule has 2 N–H and O–H groups in total. The summed E-state index contributed by atoms with van der Waals surface area (Å²) in [7, 11) is 1.97. The molecule has 0 aliphatic heterocycles. The molecule has 128 valence electrons. The molecule has 0 bridgehead atoms. The van der Waals surface area contributed by atoms with E-state index in [-0.39, 0.29) is 5.91 Å². The third kappa shape index (κ3) is 5.93. The Labute approximate surface area is 143 Å². The van der Waals surface area contributed by atoms with E-state index in [0.29, 0.717) is 31.2 Å². The first-order chi connectivity index (χ1) is 11.7. The minimum Gasteiger partial charge on any atom is -0.492 e. The van der Waals surface area contributed by atoms with Crippen LogP contribution in [-0.4, -0.2) is 39.3 Å².